The molecule has 18 heavy (non-hydrogen) atoms. The Balaban J connectivity index is 0.000000574. The van der Waals surface area contributed by atoms with Gasteiger partial charge in [0.2, 0.25) is 0 Å². The van der Waals surface area contributed by atoms with Crippen LogP contribution in [0.25, 0.3) is 0 Å². The first-order valence-electron chi connectivity index (χ1n) is 6.43. The molecule has 0 spiro atoms. The molecule has 1 aliphatic rings. The van der Waals surface area contributed by atoms with Gasteiger partial charge in [0.05, 0.1) is 6.04 Å². The van der Waals surface area contributed by atoms with Crippen LogP contribution in [0.15, 0.2) is 48.5 Å². The molecule has 1 aliphatic heterocycles. The fraction of sp³-hybridized carbons (Fsp3) is 0.250. The molecule has 0 aliphatic carbocycles. The zero-order chi connectivity index (χ0) is 13.0. The number of ether oxygens (including phenoxy) is 1. The van der Waals surface area contributed by atoms with Gasteiger partial charge in [-0.3, -0.25) is 0 Å². The minimum Gasteiger partial charge on any atom is -0.457 e. The van der Waals surface area contributed by atoms with Crippen molar-refractivity contribution in [1.82, 2.24) is 5.32 Å². The van der Waals surface area contributed by atoms with E-state index >= 15 is 0 Å². The summed E-state index contributed by atoms with van der Waals surface area (Å²) in [6, 6.07) is 16.5. The molecule has 2 aromatic carbocycles. The molecule has 0 saturated carbocycles. The topological polar surface area (TPSA) is 21.3 Å². The minimum absolute atomic E-state index is 0.223. The second-order valence-electron chi connectivity index (χ2n) is 3.90. The van der Waals surface area contributed by atoms with Crippen LogP contribution in [0, 0.1) is 0 Å². The lowest BCUT2D eigenvalue weighted by Crippen LogP contribution is -2.21. The summed E-state index contributed by atoms with van der Waals surface area (Å²) in [5.74, 6) is 1.89. The second-order valence-corrected chi connectivity index (χ2v) is 3.90. The van der Waals surface area contributed by atoms with Gasteiger partial charge in [0.25, 0.3) is 0 Å². The summed E-state index contributed by atoms with van der Waals surface area (Å²) in [7, 11) is 1.98. The molecule has 2 aromatic rings. The average molecular weight is 241 g/mol. The monoisotopic (exact) mass is 241 g/mol. The maximum absolute atomic E-state index is 5.87. The normalized spacial score (nSPS) is 12.6. The van der Waals surface area contributed by atoms with Gasteiger partial charge in [-0.25, -0.2) is 0 Å². The van der Waals surface area contributed by atoms with Crippen molar-refractivity contribution >= 4 is 0 Å². The molecular weight excluding hydrogens is 222 g/mol. The van der Waals surface area contributed by atoms with Crippen LogP contribution in [0.2, 0.25) is 0 Å². The lowest BCUT2D eigenvalue weighted by Gasteiger charge is -2.27. The third-order valence-corrected chi connectivity index (χ3v) is 2.97. The van der Waals surface area contributed by atoms with Crippen molar-refractivity contribution in [3.05, 3.63) is 59.7 Å². The minimum atomic E-state index is 0.223. The smallest absolute Gasteiger partial charge is 0.132 e. The Bertz CT molecular complexity index is 477. The molecule has 0 bridgehead atoms. The Hall–Kier alpha value is -1.80. The first-order chi connectivity index (χ1) is 8.90. The molecule has 3 rings (SSSR count). The lowest BCUT2D eigenvalue weighted by atomic mass is 9.95. The van der Waals surface area contributed by atoms with Gasteiger partial charge in [0, 0.05) is 11.1 Å². The van der Waals surface area contributed by atoms with Crippen molar-refractivity contribution in [2.75, 3.05) is 7.05 Å². The fourth-order valence-electron chi connectivity index (χ4n) is 2.22. The lowest BCUT2D eigenvalue weighted by molar-refractivity contribution is 0.436. The maximum atomic E-state index is 5.87. The van der Waals surface area contributed by atoms with E-state index in [0.29, 0.717) is 0 Å². The van der Waals surface area contributed by atoms with E-state index in [-0.39, 0.29) is 6.04 Å². The summed E-state index contributed by atoms with van der Waals surface area (Å²) < 4.78 is 5.87. The van der Waals surface area contributed by atoms with Crippen molar-refractivity contribution in [2.24, 2.45) is 0 Å². The average Bonchev–Trinajstić information content (AvgIpc) is 2.46. The zero-order valence-corrected chi connectivity index (χ0v) is 11.1. The highest BCUT2D eigenvalue weighted by Gasteiger charge is 2.24. The van der Waals surface area contributed by atoms with Crippen LogP contribution in [0.3, 0.4) is 0 Å². The summed E-state index contributed by atoms with van der Waals surface area (Å²) in [6.45, 7) is 4.00. The highest BCUT2D eigenvalue weighted by atomic mass is 16.5. The van der Waals surface area contributed by atoms with E-state index < -0.39 is 0 Å². The SMILES string of the molecule is CC.CNC1c2ccccc2Oc2ccccc21. The molecule has 0 atom stereocenters. The third-order valence-electron chi connectivity index (χ3n) is 2.97. The molecule has 2 nitrogen and oxygen atoms in total. The Morgan fingerprint density at radius 1 is 0.833 bits per heavy atom. The molecule has 94 valence electrons. The summed E-state index contributed by atoms with van der Waals surface area (Å²) >= 11 is 0. The van der Waals surface area contributed by atoms with Crippen molar-refractivity contribution in [3.63, 3.8) is 0 Å². The van der Waals surface area contributed by atoms with Crippen molar-refractivity contribution in [2.45, 2.75) is 19.9 Å². The van der Waals surface area contributed by atoms with E-state index in [2.05, 4.69) is 17.4 Å². The maximum Gasteiger partial charge on any atom is 0.132 e. The van der Waals surface area contributed by atoms with Gasteiger partial charge in [0.15, 0.2) is 0 Å². The van der Waals surface area contributed by atoms with Crippen LogP contribution < -0.4 is 10.1 Å². The van der Waals surface area contributed by atoms with E-state index in [0.717, 1.165) is 11.5 Å². The van der Waals surface area contributed by atoms with Crippen molar-refractivity contribution in [3.8, 4) is 11.5 Å². The van der Waals surface area contributed by atoms with Gasteiger partial charge in [-0.15, -0.1) is 0 Å². The Morgan fingerprint density at radius 3 is 1.72 bits per heavy atom. The van der Waals surface area contributed by atoms with E-state index in [1.54, 1.807) is 0 Å². The number of nitrogens with one attached hydrogen (secondary N) is 1. The number of fused-ring (bicyclic) bond motifs is 2. The number of rotatable bonds is 1. The van der Waals surface area contributed by atoms with Crippen molar-refractivity contribution in [1.29, 1.82) is 0 Å². The van der Waals surface area contributed by atoms with Gasteiger partial charge >= 0.3 is 0 Å². The Labute approximate surface area is 109 Å². The Kier molecular flexibility index (Phi) is 4.00. The molecule has 0 aromatic heterocycles. The summed E-state index contributed by atoms with van der Waals surface area (Å²) in [4.78, 5) is 0. The van der Waals surface area contributed by atoms with Gasteiger partial charge in [-0.2, -0.15) is 0 Å². The van der Waals surface area contributed by atoms with Crippen LogP contribution in [0.5, 0.6) is 11.5 Å². The molecule has 2 heteroatoms. The van der Waals surface area contributed by atoms with Crippen LogP contribution in [0.1, 0.15) is 31.0 Å². The van der Waals surface area contributed by atoms with Crippen LogP contribution >= 0.6 is 0 Å². The van der Waals surface area contributed by atoms with Crippen LogP contribution in [-0.2, 0) is 0 Å². The predicted octanol–water partition coefficient (Wildman–Crippen LogP) is 4.13. The number of para-hydroxylation sites is 2. The second kappa shape index (κ2) is 5.69. The van der Waals surface area contributed by atoms with Crippen LogP contribution in [-0.4, -0.2) is 7.05 Å². The van der Waals surface area contributed by atoms with Crippen molar-refractivity contribution < 1.29 is 4.74 Å². The molecule has 0 amide bonds. The van der Waals surface area contributed by atoms with Gasteiger partial charge in [0.1, 0.15) is 11.5 Å². The third kappa shape index (κ3) is 2.12. The highest BCUT2D eigenvalue weighted by molar-refractivity contribution is 5.52. The molecule has 0 fully saturated rings. The first kappa shape index (κ1) is 12.7. The van der Waals surface area contributed by atoms with E-state index in [1.807, 2.05) is 57.3 Å². The largest absolute Gasteiger partial charge is 0.457 e. The van der Waals surface area contributed by atoms with Crippen LogP contribution in [0.4, 0.5) is 0 Å². The summed E-state index contributed by atoms with van der Waals surface area (Å²) in [5.41, 5.74) is 2.40. The van der Waals surface area contributed by atoms with Gasteiger partial charge in [-0.05, 0) is 19.2 Å². The standard InChI is InChI=1S/C14H13NO.C2H6/c1-15-14-10-6-2-4-8-12(10)16-13-9-5-3-7-11(13)14;1-2/h2-9,14-15H,1H3;1-2H3. The van der Waals surface area contributed by atoms with Gasteiger partial charge in [-0.1, -0.05) is 50.2 Å². The summed E-state index contributed by atoms with van der Waals surface area (Å²) in [6.07, 6.45) is 0. The van der Waals surface area contributed by atoms with E-state index in [1.165, 1.54) is 11.1 Å². The van der Waals surface area contributed by atoms with Gasteiger partial charge < -0.3 is 10.1 Å². The molecule has 1 N–H and O–H groups in total. The quantitative estimate of drug-likeness (QED) is 0.810. The fourth-order valence-corrected chi connectivity index (χ4v) is 2.22. The molecular formula is C16H19NO. The number of benzene rings is 2. The molecule has 0 radical (unpaired) electrons. The highest BCUT2D eigenvalue weighted by Crippen LogP contribution is 2.41. The molecule has 1 heterocycles. The molecule has 0 unspecified atom stereocenters. The molecule has 0 saturated heterocycles. The zero-order valence-electron chi connectivity index (χ0n) is 11.1. The first-order valence-corrected chi connectivity index (χ1v) is 6.43. The van der Waals surface area contributed by atoms with E-state index in [9.17, 15) is 0 Å². The number of hydrogen-bond acceptors (Lipinski definition) is 2. The number of hydrogen-bond donors (Lipinski definition) is 1. The van der Waals surface area contributed by atoms with E-state index in [4.69, 9.17) is 4.74 Å². The Morgan fingerprint density at radius 2 is 1.28 bits per heavy atom. The predicted molar refractivity (Wildman–Crippen MR) is 75.2 cm³/mol. The summed E-state index contributed by atoms with van der Waals surface area (Å²) in [5, 5.41) is 3.34.